The van der Waals surface area contributed by atoms with Gasteiger partial charge in [0.15, 0.2) is 9.84 Å². The van der Waals surface area contributed by atoms with Crippen LogP contribution in [0.5, 0.6) is 0 Å². The molecule has 0 radical (unpaired) electrons. The number of sulfone groups is 1. The van der Waals surface area contributed by atoms with E-state index >= 15 is 0 Å². The molecule has 2 N–H and O–H groups in total. The van der Waals surface area contributed by atoms with E-state index in [9.17, 15) is 13.2 Å². The first-order valence-electron chi connectivity index (χ1n) is 7.59. The summed E-state index contributed by atoms with van der Waals surface area (Å²) in [5.74, 6) is -0.00699. The molecular formula is C14H28N2O3S. The summed E-state index contributed by atoms with van der Waals surface area (Å²) >= 11 is 0. The zero-order valence-corrected chi connectivity index (χ0v) is 13.5. The van der Waals surface area contributed by atoms with E-state index in [1.807, 2.05) is 13.8 Å². The Morgan fingerprint density at radius 3 is 2.40 bits per heavy atom. The van der Waals surface area contributed by atoms with Crippen LogP contribution in [-0.2, 0) is 14.6 Å². The number of amides is 1. The number of piperidine rings is 1. The fraction of sp³-hybridized carbons (Fsp3) is 0.929. The maximum absolute atomic E-state index is 12.0. The minimum absolute atomic E-state index is 0.128. The summed E-state index contributed by atoms with van der Waals surface area (Å²) in [5, 5.41) is 0. The first kappa shape index (κ1) is 17.4. The van der Waals surface area contributed by atoms with Gasteiger partial charge in [-0.15, -0.1) is 0 Å². The second-order valence-corrected chi connectivity index (χ2v) is 8.06. The van der Waals surface area contributed by atoms with E-state index in [1.54, 1.807) is 4.90 Å². The molecule has 5 nitrogen and oxygen atoms in total. The predicted molar refractivity (Wildman–Crippen MR) is 81.1 cm³/mol. The van der Waals surface area contributed by atoms with Crippen molar-refractivity contribution in [3.05, 3.63) is 0 Å². The lowest BCUT2D eigenvalue weighted by Gasteiger charge is -2.33. The number of nitrogens with two attached hydrogens (primary N) is 1. The van der Waals surface area contributed by atoms with Crippen LogP contribution in [0.3, 0.4) is 0 Å². The average Bonchev–Trinajstić information content (AvgIpc) is 2.38. The summed E-state index contributed by atoms with van der Waals surface area (Å²) in [5.41, 5.74) is 5.86. The molecule has 1 atom stereocenters. The lowest BCUT2D eigenvalue weighted by atomic mass is 9.91. The third-order valence-electron chi connectivity index (χ3n) is 4.04. The summed E-state index contributed by atoms with van der Waals surface area (Å²) in [7, 11) is -3.25. The molecule has 118 valence electrons. The number of hydrogen-bond acceptors (Lipinski definition) is 4. The van der Waals surface area contributed by atoms with Crippen molar-refractivity contribution in [2.24, 2.45) is 11.7 Å². The normalized spacial score (nSPS) is 19.1. The van der Waals surface area contributed by atoms with E-state index in [0.717, 1.165) is 25.7 Å². The molecule has 0 aromatic carbocycles. The Labute approximate surface area is 122 Å². The number of nitrogens with zero attached hydrogens (tertiary/aromatic N) is 1. The highest BCUT2D eigenvalue weighted by Gasteiger charge is 2.27. The van der Waals surface area contributed by atoms with Crippen molar-refractivity contribution >= 4 is 15.7 Å². The first-order chi connectivity index (χ1) is 9.35. The lowest BCUT2D eigenvalue weighted by Crippen LogP contribution is -2.44. The second-order valence-electron chi connectivity index (χ2n) is 5.88. The van der Waals surface area contributed by atoms with Gasteiger partial charge in [-0.05, 0) is 32.1 Å². The molecule has 0 aromatic heterocycles. The van der Waals surface area contributed by atoms with Crippen LogP contribution in [0.25, 0.3) is 0 Å². The Balaban J connectivity index is 2.40. The first-order valence-corrected chi connectivity index (χ1v) is 9.41. The maximum atomic E-state index is 12.0. The number of hydrogen-bond donors (Lipinski definition) is 1. The van der Waals surface area contributed by atoms with Crippen molar-refractivity contribution in [1.82, 2.24) is 4.90 Å². The molecule has 1 saturated heterocycles. The molecule has 1 aliphatic heterocycles. The summed E-state index contributed by atoms with van der Waals surface area (Å²) in [4.78, 5) is 13.7. The molecule has 0 saturated carbocycles. The molecule has 0 spiro atoms. The standard InChI is InChI=1S/C14H28N2O3S/c1-3-4-5-10-20(18,19)11-14(17)16-8-6-13(7-9-16)12(2)15/h12-13H,3-11,15H2,1-2H3. The van der Waals surface area contributed by atoms with Gasteiger partial charge < -0.3 is 10.6 Å². The van der Waals surface area contributed by atoms with E-state index in [4.69, 9.17) is 5.73 Å². The van der Waals surface area contributed by atoms with Gasteiger partial charge in [0.25, 0.3) is 0 Å². The van der Waals surface area contributed by atoms with Crippen molar-refractivity contribution in [3.8, 4) is 0 Å². The van der Waals surface area contributed by atoms with Gasteiger partial charge in [-0.3, -0.25) is 4.79 Å². The monoisotopic (exact) mass is 304 g/mol. The van der Waals surface area contributed by atoms with E-state index in [1.165, 1.54) is 0 Å². The summed E-state index contributed by atoms with van der Waals surface area (Å²) in [6, 6.07) is 0.144. The highest BCUT2D eigenvalue weighted by molar-refractivity contribution is 7.92. The molecule has 20 heavy (non-hydrogen) atoms. The van der Waals surface area contributed by atoms with Crippen LogP contribution in [0.15, 0.2) is 0 Å². The molecule has 1 rings (SSSR count). The fourth-order valence-electron chi connectivity index (χ4n) is 2.60. The van der Waals surface area contributed by atoms with Gasteiger partial charge in [0, 0.05) is 19.1 Å². The van der Waals surface area contributed by atoms with Crippen molar-refractivity contribution in [2.75, 3.05) is 24.6 Å². The Bertz CT molecular complexity index is 399. The van der Waals surface area contributed by atoms with Crippen molar-refractivity contribution in [2.45, 2.75) is 52.0 Å². The minimum atomic E-state index is -3.25. The van der Waals surface area contributed by atoms with E-state index in [2.05, 4.69) is 0 Å². The van der Waals surface area contributed by atoms with Crippen molar-refractivity contribution in [1.29, 1.82) is 0 Å². The Hall–Kier alpha value is -0.620. The van der Waals surface area contributed by atoms with Crippen molar-refractivity contribution < 1.29 is 13.2 Å². The molecule has 0 aliphatic carbocycles. The summed E-state index contributed by atoms with van der Waals surface area (Å²) < 4.78 is 23.7. The van der Waals surface area contributed by atoms with Crippen LogP contribution in [0.4, 0.5) is 0 Å². The largest absolute Gasteiger partial charge is 0.342 e. The molecule has 0 bridgehead atoms. The third-order valence-corrected chi connectivity index (χ3v) is 5.64. The smallest absolute Gasteiger partial charge is 0.237 e. The van der Waals surface area contributed by atoms with Gasteiger partial charge in [0.05, 0.1) is 5.75 Å². The second kappa shape index (κ2) is 7.98. The van der Waals surface area contributed by atoms with Gasteiger partial charge in [0.2, 0.25) is 5.91 Å². The highest BCUT2D eigenvalue weighted by Crippen LogP contribution is 2.19. The quantitative estimate of drug-likeness (QED) is 0.716. The van der Waals surface area contributed by atoms with Crippen LogP contribution in [0, 0.1) is 5.92 Å². The fourth-order valence-corrected chi connectivity index (χ4v) is 3.95. The number of carbonyl (C=O) groups is 1. The third kappa shape index (κ3) is 5.79. The van der Waals surface area contributed by atoms with E-state index in [0.29, 0.717) is 25.4 Å². The molecule has 1 heterocycles. The Morgan fingerprint density at radius 1 is 1.30 bits per heavy atom. The van der Waals surface area contributed by atoms with Crippen LogP contribution >= 0.6 is 0 Å². The Morgan fingerprint density at radius 2 is 1.90 bits per heavy atom. The maximum Gasteiger partial charge on any atom is 0.237 e. The minimum Gasteiger partial charge on any atom is -0.342 e. The van der Waals surface area contributed by atoms with Crippen LogP contribution in [-0.4, -0.2) is 49.9 Å². The van der Waals surface area contributed by atoms with Crippen LogP contribution in [0.1, 0.15) is 46.0 Å². The van der Waals surface area contributed by atoms with Gasteiger partial charge in [-0.25, -0.2) is 8.42 Å². The van der Waals surface area contributed by atoms with Gasteiger partial charge in [-0.2, -0.15) is 0 Å². The van der Waals surface area contributed by atoms with Crippen LogP contribution in [0.2, 0.25) is 0 Å². The molecule has 6 heteroatoms. The molecule has 0 aromatic rings. The van der Waals surface area contributed by atoms with Crippen molar-refractivity contribution in [3.63, 3.8) is 0 Å². The molecule has 1 aliphatic rings. The Kier molecular flexibility index (Phi) is 6.95. The number of rotatable bonds is 7. The average molecular weight is 304 g/mol. The molecule has 1 fully saturated rings. The van der Waals surface area contributed by atoms with E-state index in [-0.39, 0.29) is 23.5 Å². The van der Waals surface area contributed by atoms with Gasteiger partial charge in [0.1, 0.15) is 5.75 Å². The van der Waals surface area contributed by atoms with Gasteiger partial charge >= 0.3 is 0 Å². The molecule has 1 amide bonds. The zero-order valence-electron chi connectivity index (χ0n) is 12.7. The zero-order chi connectivity index (χ0) is 15.2. The highest BCUT2D eigenvalue weighted by atomic mass is 32.2. The summed E-state index contributed by atoms with van der Waals surface area (Å²) in [6.07, 6.45) is 4.28. The summed E-state index contributed by atoms with van der Waals surface area (Å²) in [6.45, 7) is 5.28. The number of likely N-dealkylation sites (tertiary alicyclic amines) is 1. The predicted octanol–water partition coefficient (Wildman–Crippen LogP) is 1.18. The number of unbranched alkanes of at least 4 members (excludes halogenated alkanes) is 2. The number of carbonyl (C=O) groups excluding carboxylic acids is 1. The topological polar surface area (TPSA) is 80.5 Å². The SMILES string of the molecule is CCCCCS(=O)(=O)CC(=O)N1CCC(C(C)N)CC1. The molecule has 1 unspecified atom stereocenters. The molecular weight excluding hydrogens is 276 g/mol. The van der Waals surface area contributed by atoms with E-state index < -0.39 is 9.84 Å². The van der Waals surface area contributed by atoms with Crippen LogP contribution < -0.4 is 5.73 Å². The lowest BCUT2D eigenvalue weighted by molar-refractivity contribution is -0.129. The van der Waals surface area contributed by atoms with Gasteiger partial charge in [-0.1, -0.05) is 19.8 Å².